The number of rotatable bonds is 3. The molecule has 1 fully saturated rings. The summed E-state index contributed by atoms with van der Waals surface area (Å²) >= 11 is 7.55. The van der Waals surface area contributed by atoms with Crippen molar-refractivity contribution in [2.75, 3.05) is 15.6 Å². The van der Waals surface area contributed by atoms with Crippen molar-refractivity contribution in [2.45, 2.75) is 18.3 Å². The van der Waals surface area contributed by atoms with Gasteiger partial charge in [0.05, 0.1) is 18.0 Å². The highest BCUT2D eigenvalue weighted by molar-refractivity contribution is 8.02. The number of nitrogens with zero attached hydrogens (tertiary/aromatic N) is 2. The predicted molar refractivity (Wildman–Crippen MR) is 122 cm³/mol. The minimum Gasteiger partial charge on any atom is -0.304 e. The van der Waals surface area contributed by atoms with E-state index in [1.54, 1.807) is 11.0 Å². The molecule has 31 heavy (non-hydrogen) atoms. The number of thioether (sulfide) groups is 1. The first kappa shape index (κ1) is 20.1. The first-order valence-corrected chi connectivity index (χ1v) is 11.2. The molecule has 0 radical (unpaired) electrons. The number of benzene rings is 3. The van der Waals surface area contributed by atoms with Gasteiger partial charge in [-0.15, -0.1) is 11.8 Å². The summed E-state index contributed by atoms with van der Waals surface area (Å²) in [6.45, 7) is 1.93. The number of carbonyl (C=O) groups excluding carboxylic acids is 2. The van der Waals surface area contributed by atoms with Crippen molar-refractivity contribution in [3.8, 4) is 0 Å². The lowest BCUT2D eigenvalue weighted by Crippen LogP contribution is -2.49. The molecule has 2 amide bonds. The highest BCUT2D eigenvalue weighted by atomic mass is 35.5. The number of aryl methyl sites for hydroxylation is 1. The number of hydrogen-bond acceptors (Lipinski definition) is 3. The summed E-state index contributed by atoms with van der Waals surface area (Å²) in [5, 5.41) is 0.261. The maximum absolute atomic E-state index is 14.5. The molecule has 5 rings (SSSR count). The lowest BCUT2D eigenvalue weighted by molar-refractivity contribution is -0.123. The van der Waals surface area contributed by atoms with Crippen LogP contribution in [0, 0.1) is 12.7 Å². The molecule has 1 saturated heterocycles. The van der Waals surface area contributed by atoms with Crippen molar-refractivity contribution in [2.24, 2.45) is 0 Å². The molecule has 3 aromatic carbocycles. The Balaban J connectivity index is 1.67. The normalized spacial score (nSPS) is 20.1. The highest BCUT2D eigenvalue weighted by Crippen LogP contribution is 2.56. The Morgan fingerprint density at radius 1 is 1.06 bits per heavy atom. The molecule has 1 spiro atoms. The van der Waals surface area contributed by atoms with Crippen LogP contribution in [0.3, 0.4) is 0 Å². The molecule has 0 aromatic heterocycles. The lowest BCUT2D eigenvalue weighted by atomic mass is 10.0. The summed E-state index contributed by atoms with van der Waals surface area (Å²) in [6.07, 6.45) is 0. The van der Waals surface area contributed by atoms with Gasteiger partial charge in [-0.2, -0.15) is 0 Å². The summed E-state index contributed by atoms with van der Waals surface area (Å²) in [6, 6.07) is 19.4. The largest absolute Gasteiger partial charge is 0.304 e. The Morgan fingerprint density at radius 2 is 1.84 bits per heavy atom. The van der Waals surface area contributed by atoms with Gasteiger partial charge in [-0.05, 0) is 42.8 Å². The van der Waals surface area contributed by atoms with E-state index in [1.807, 2.05) is 55.5 Å². The standard InChI is InChI=1S/C24H18ClFN2O2S/c1-15-6-4-7-16(12-15)28-22(29)14-31-24(28)18-8-2-3-11-21(18)27(23(24)30)13-17-19(25)9-5-10-20(17)26/h2-12H,13-14H2,1H3/t24-/m1/s1. The number of fused-ring (bicyclic) bond motifs is 2. The Morgan fingerprint density at radius 3 is 2.61 bits per heavy atom. The van der Waals surface area contributed by atoms with Gasteiger partial charge in [0.2, 0.25) is 10.8 Å². The molecule has 4 nitrogen and oxygen atoms in total. The van der Waals surface area contributed by atoms with Crippen LogP contribution in [0.25, 0.3) is 0 Å². The van der Waals surface area contributed by atoms with Crippen LogP contribution in [0.2, 0.25) is 5.02 Å². The number of para-hydroxylation sites is 1. The van der Waals surface area contributed by atoms with Gasteiger partial charge >= 0.3 is 0 Å². The SMILES string of the molecule is Cc1cccc(N2C(=O)CS[C@]23C(=O)N(Cc2c(F)cccc2Cl)c2ccccc23)c1. The zero-order valence-electron chi connectivity index (χ0n) is 16.6. The second-order valence-corrected chi connectivity index (χ2v) is 9.18. The fraction of sp³-hybridized carbons (Fsp3) is 0.167. The van der Waals surface area contributed by atoms with Crippen LogP contribution in [0.5, 0.6) is 0 Å². The number of hydrogen-bond donors (Lipinski definition) is 0. The van der Waals surface area contributed by atoms with Crippen LogP contribution < -0.4 is 9.80 Å². The van der Waals surface area contributed by atoms with Crippen LogP contribution in [-0.2, 0) is 21.0 Å². The van der Waals surface area contributed by atoms with Gasteiger partial charge in [0, 0.05) is 21.8 Å². The molecule has 0 N–H and O–H groups in total. The van der Waals surface area contributed by atoms with Crippen LogP contribution in [0.4, 0.5) is 15.8 Å². The highest BCUT2D eigenvalue weighted by Gasteiger charge is 2.61. The van der Waals surface area contributed by atoms with Crippen molar-refractivity contribution >= 4 is 46.6 Å². The van der Waals surface area contributed by atoms with Crippen molar-refractivity contribution < 1.29 is 14.0 Å². The van der Waals surface area contributed by atoms with Crippen LogP contribution in [-0.4, -0.2) is 17.6 Å². The second-order valence-electron chi connectivity index (χ2n) is 7.61. The summed E-state index contributed by atoms with van der Waals surface area (Å²) < 4.78 is 14.5. The summed E-state index contributed by atoms with van der Waals surface area (Å²) in [5.74, 6) is -0.693. The van der Waals surface area contributed by atoms with Gasteiger partial charge in [-0.3, -0.25) is 14.5 Å². The van der Waals surface area contributed by atoms with Gasteiger partial charge in [-0.1, -0.05) is 48.0 Å². The summed E-state index contributed by atoms with van der Waals surface area (Å²) in [7, 11) is 0. The molecule has 2 aliphatic rings. The second kappa shape index (κ2) is 7.39. The molecule has 0 aliphatic carbocycles. The van der Waals surface area contributed by atoms with Gasteiger partial charge in [0.1, 0.15) is 5.82 Å². The Labute approximate surface area is 188 Å². The molecule has 1 atom stereocenters. The third-order valence-corrected chi connectivity index (χ3v) is 7.44. The molecule has 156 valence electrons. The zero-order chi connectivity index (χ0) is 21.8. The first-order chi connectivity index (χ1) is 14.9. The number of halogens is 2. The van der Waals surface area contributed by atoms with Crippen molar-refractivity contribution in [1.29, 1.82) is 0 Å². The maximum atomic E-state index is 14.5. The Hall–Kier alpha value is -2.83. The molecule has 2 heterocycles. The average molecular weight is 453 g/mol. The third kappa shape index (κ3) is 2.97. The molecule has 2 aliphatic heterocycles. The van der Waals surface area contributed by atoms with Gasteiger partial charge in [0.15, 0.2) is 0 Å². The lowest BCUT2D eigenvalue weighted by Gasteiger charge is -2.33. The van der Waals surface area contributed by atoms with E-state index >= 15 is 0 Å². The molecule has 0 unspecified atom stereocenters. The Kier molecular flexibility index (Phi) is 4.79. The molecule has 7 heteroatoms. The average Bonchev–Trinajstić information content (AvgIpc) is 3.21. The zero-order valence-corrected chi connectivity index (χ0v) is 18.2. The van der Waals surface area contributed by atoms with Crippen LogP contribution in [0.1, 0.15) is 16.7 Å². The minimum atomic E-state index is -1.22. The van der Waals surface area contributed by atoms with Crippen molar-refractivity contribution in [1.82, 2.24) is 0 Å². The van der Waals surface area contributed by atoms with E-state index in [0.717, 1.165) is 11.1 Å². The monoisotopic (exact) mass is 452 g/mol. The maximum Gasteiger partial charge on any atom is 0.269 e. The predicted octanol–water partition coefficient (Wildman–Crippen LogP) is 5.27. The topological polar surface area (TPSA) is 40.6 Å². The van der Waals surface area contributed by atoms with Gasteiger partial charge in [0.25, 0.3) is 5.91 Å². The van der Waals surface area contributed by atoms with Crippen LogP contribution in [0.15, 0.2) is 66.7 Å². The number of carbonyl (C=O) groups is 2. The van der Waals surface area contributed by atoms with Gasteiger partial charge < -0.3 is 4.90 Å². The molecular formula is C24H18ClFN2O2S. The van der Waals surface area contributed by atoms with E-state index in [0.29, 0.717) is 11.4 Å². The molecule has 3 aromatic rings. The quantitative estimate of drug-likeness (QED) is 0.543. The molecule has 0 bridgehead atoms. The van der Waals surface area contributed by atoms with Crippen molar-refractivity contribution in [3.05, 3.63) is 94.3 Å². The number of amides is 2. The fourth-order valence-corrected chi connectivity index (χ4v) is 5.90. The first-order valence-electron chi connectivity index (χ1n) is 9.81. The van der Waals surface area contributed by atoms with Crippen molar-refractivity contribution in [3.63, 3.8) is 0 Å². The Bertz CT molecular complexity index is 1210. The van der Waals surface area contributed by atoms with E-state index in [1.165, 1.54) is 28.8 Å². The number of anilines is 2. The van der Waals surface area contributed by atoms with E-state index in [-0.39, 0.29) is 34.7 Å². The van der Waals surface area contributed by atoms with E-state index in [2.05, 4.69) is 0 Å². The van der Waals surface area contributed by atoms with E-state index in [9.17, 15) is 14.0 Å². The van der Waals surface area contributed by atoms with E-state index < -0.39 is 10.7 Å². The van der Waals surface area contributed by atoms with E-state index in [4.69, 9.17) is 11.6 Å². The fourth-order valence-electron chi connectivity index (χ4n) is 4.32. The summed E-state index contributed by atoms with van der Waals surface area (Å²) in [4.78, 5) is 28.9. The minimum absolute atomic E-state index is 0.0144. The van der Waals surface area contributed by atoms with Crippen LogP contribution >= 0.6 is 23.4 Å². The third-order valence-electron chi connectivity index (χ3n) is 5.70. The molecular weight excluding hydrogens is 435 g/mol. The smallest absolute Gasteiger partial charge is 0.269 e. The molecule has 0 saturated carbocycles. The van der Waals surface area contributed by atoms with Gasteiger partial charge in [-0.25, -0.2) is 4.39 Å². The summed E-state index contributed by atoms with van der Waals surface area (Å²) in [5.41, 5.74) is 3.30.